The molecular weight excluding hydrogens is 227 g/mol. The predicted molar refractivity (Wildman–Crippen MR) is 45.2 cm³/mol. The standard InChI is InChI=1S/C7H7F5OS/c8-14(9,10,11,12)13-7-5-3-1-2-4-6-7/h1-3,5-6H,4H2. The van der Waals surface area contributed by atoms with E-state index in [-0.39, 0.29) is 6.42 Å². The Morgan fingerprint density at radius 3 is 2.29 bits per heavy atom. The Morgan fingerprint density at radius 1 is 1.07 bits per heavy atom. The van der Waals surface area contributed by atoms with Crippen molar-refractivity contribution in [2.24, 2.45) is 0 Å². The highest BCUT2D eigenvalue weighted by atomic mass is 32.5. The summed E-state index contributed by atoms with van der Waals surface area (Å²) in [6, 6.07) is 0. The van der Waals surface area contributed by atoms with E-state index in [1.54, 1.807) is 0 Å². The molecule has 0 atom stereocenters. The van der Waals surface area contributed by atoms with E-state index in [9.17, 15) is 19.4 Å². The number of rotatable bonds is 2. The lowest BCUT2D eigenvalue weighted by Gasteiger charge is -2.39. The van der Waals surface area contributed by atoms with Gasteiger partial charge in [0.1, 0.15) is 5.76 Å². The maximum atomic E-state index is 11.8. The highest BCUT2D eigenvalue weighted by Crippen LogP contribution is 2.99. The van der Waals surface area contributed by atoms with Crippen LogP contribution in [-0.4, -0.2) is 0 Å². The average Bonchev–Trinajstić information content (AvgIpc) is 2.08. The van der Waals surface area contributed by atoms with Gasteiger partial charge in [0.25, 0.3) is 0 Å². The summed E-state index contributed by atoms with van der Waals surface area (Å²) < 4.78 is 61.9. The molecule has 7 heteroatoms. The fourth-order valence-corrected chi connectivity index (χ4v) is 1.29. The van der Waals surface area contributed by atoms with Crippen molar-refractivity contribution in [2.45, 2.75) is 6.42 Å². The van der Waals surface area contributed by atoms with Crippen LogP contribution in [0, 0.1) is 0 Å². The van der Waals surface area contributed by atoms with Crippen LogP contribution in [0.5, 0.6) is 0 Å². The molecule has 0 aromatic carbocycles. The van der Waals surface area contributed by atoms with Crippen molar-refractivity contribution in [3.8, 4) is 0 Å². The molecular formula is C7H7F5OS. The first-order chi connectivity index (χ1) is 6.05. The highest BCUT2D eigenvalue weighted by molar-refractivity contribution is 8.42. The molecule has 0 amide bonds. The lowest BCUT2D eigenvalue weighted by atomic mass is 10.4. The van der Waals surface area contributed by atoms with E-state index in [1.165, 1.54) is 18.2 Å². The van der Waals surface area contributed by atoms with Crippen LogP contribution in [-0.2, 0) is 4.18 Å². The molecule has 0 aromatic rings. The van der Waals surface area contributed by atoms with Gasteiger partial charge in [0, 0.05) is 0 Å². The van der Waals surface area contributed by atoms with Crippen molar-refractivity contribution in [3.63, 3.8) is 0 Å². The Balaban J connectivity index is 2.86. The van der Waals surface area contributed by atoms with Crippen molar-refractivity contribution < 1.29 is 23.6 Å². The first-order valence-electron chi connectivity index (χ1n) is 3.54. The molecule has 0 aromatic heterocycles. The van der Waals surface area contributed by atoms with E-state index >= 15 is 0 Å². The molecule has 0 aliphatic heterocycles. The molecule has 0 spiro atoms. The first-order valence-corrected chi connectivity index (χ1v) is 5.41. The number of allylic oxidation sites excluding steroid dienone is 5. The van der Waals surface area contributed by atoms with Crippen LogP contribution >= 0.6 is 10.5 Å². The first kappa shape index (κ1) is 11.1. The molecule has 0 fully saturated rings. The molecule has 0 N–H and O–H groups in total. The number of hydrogen-bond donors (Lipinski definition) is 0. The van der Waals surface area contributed by atoms with E-state index < -0.39 is 16.3 Å². The summed E-state index contributed by atoms with van der Waals surface area (Å²) in [7, 11) is -9.81. The molecule has 82 valence electrons. The van der Waals surface area contributed by atoms with E-state index in [4.69, 9.17) is 0 Å². The van der Waals surface area contributed by atoms with Crippen LogP contribution in [0.1, 0.15) is 6.42 Å². The van der Waals surface area contributed by atoms with Crippen molar-refractivity contribution >= 4 is 10.5 Å². The van der Waals surface area contributed by atoms with Crippen LogP contribution < -0.4 is 0 Å². The molecule has 14 heavy (non-hydrogen) atoms. The van der Waals surface area contributed by atoms with Crippen molar-refractivity contribution in [3.05, 3.63) is 36.1 Å². The Morgan fingerprint density at radius 2 is 1.71 bits per heavy atom. The maximum absolute atomic E-state index is 11.8. The summed E-state index contributed by atoms with van der Waals surface area (Å²) >= 11 is 0. The van der Waals surface area contributed by atoms with Gasteiger partial charge in [-0.05, 0) is 18.6 Å². The molecule has 1 nitrogen and oxygen atoms in total. The summed E-state index contributed by atoms with van der Waals surface area (Å²) in [5.74, 6) is -0.880. The summed E-state index contributed by atoms with van der Waals surface area (Å²) in [6.07, 6.45) is 6.04. The lowest BCUT2D eigenvalue weighted by Crippen LogP contribution is -2.09. The summed E-state index contributed by atoms with van der Waals surface area (Å²) in [5, 5.41) is 0. The Hall–Kier alpha value is -0.980. The van der Waals surface area contributed by atoms with Gasteiger partial charge >= 0.3 is 10.5 Å². The maximum Gasteiger partial charge on any atom is 0.435 e. The summed E-state index contributed by atoms with van der Waals surface area (Å²) in [5.41, 5.74) is 0. The van der Waals surface area contributed by atoms with Crippen molar-refractivity contribution in [1.82, 2.24) is 0 Å². The molecule has 0 radical (unpaired) electrons. The van der Waals surface area contributed by atoms with Gasteiger partial charge in [0.05, 0.1) is 0 Å². The fourth-order valence-electron chi connectivity index (χ4n) is 0.803. The Bertz CT molecular complexity index is 322. The number of hydrogen-bond acceptors (Lipinski definition) is 1. The Kier molecular flexibility index (Phi) is 2.01. The van der Waals surface area contributed by atoms with Crippen LogP contribution in [0.2, 0.25) is 0 Å². The minimum absolute atomic E-state index is 0.121. The smallest absolute Gasteiger partial charge is 0.355 e. The minimum Gasteiger partial charge on any atom is -0.355 e. The van der Waals surface area contributed by atoms with Crippen LogP contribution in [0.15, 0.2) is 36.1 Å². The second-order valence-electron chi connectivity index (χ2n) is 2.61. The zero-order valence-electron chi connectivity index (χ0n) is 6.80. The van der Waals surface area contributed by atoms with Gasteiger partial charge in [0.15, 0.2) is 0 Å². The normalized spacial score (nSPS) is 21.9. The zero-order valence-corrected chi connectivity index (χ0v) is 7.62. The second kappa shape index (κ2) is 2.53. The lowest BCUT2D eigenvalue weighted by molar-refractivity contribution is 0.204. The third-order valence-electron chi connectivity index (χ3n) is 1.22. The van der Waals surface area contributed by atoms with Gasteiger partial charge in [-0.1, -0.05) is 37.7 Å². The highest BCUT2D eigenvalue weighted by Gasteiger charge is 2.67. The monoisotopic (exact) mass is 234 g/mol. The fraction of sp³-hybridized carbons (Fsp3) is 0.143. The quantitative estimate of drug-likeness (QED) is 0.633. The summed E-state index contributed by atoms with van der Waals surface area (Å²) in [4.78, 5) is 0. The molecule has 0 bridgehead atoms. The van der Waals surface area contributed by atoms with E-state index in [0.717, 1.165) is 12.2 Å². The van der Waals surface area contributed by atoms with Gasteiger partial charge in [-0.2, -0.15) is 0 Å². The van der Waals surface area contributed by atoms with Gasteiger partial charge in [-0.15, -0.1) is 0 Å². The second-order valence-corrected chi connectivity index (χ2v) is 4.57. The van der Waals surface area contributed by atoms with Crippen LogP contribution in [0.4, 0.5) is 19.4 Å². The molecule has 1 aliphatic rings. The van der Waals surface area contributed by atoms with Gasteiger partial charge in [-0.3, -0.25) is 0 Å². The van der Waals surface area contributed by atoms with Crippen molar-refractivity contribution in [2.75, 3.05) is 0 Å². The molecule has 1 aliphatic carbocycles. The van der Waals surface area contributed by atoms with E-state index in [0.29, 0.717) is 0 Å². The third kappa shape index (κ3) is 4.90. The third-order valence-corrected chi connectivity index (χ3v) is 1.72. The zero-order chi connectivity index (χ0) is 10.9. The molecule has 0 heterocycles. The summed E-state index contributed by atoms with van der Waals surface area (Å²) in [6.45, 7) is 0. The van der Waals surface area contributed by atoms with Crippen LogP contribution in [0.3, 0.4) is 0 Å². The number of halogens is 5. The largest absolute Gasteiger partial charge is 0.435 e. The molecule has 0 saturated heterocycles. The SMILES string of the molecule is FS(F)(F)(F)(F)OC1=CCC=CC=C1. The molecule has 0 unspecified atom stereocenters. The Labute approximate surface area is 77.5 Å². The van der Waals surface area contributed by atoms with E-state index in [1.807, 2.05) is 0 Å². The van der Waals surface area contributed by atoms with Gasteiger partial charge < -0.3 is 4.18 Å². The van der Waals surface area contributed by atoms with Gasteiger partial charge in [0.2, 0.25) is 0 Å². The predicted octanol–water partition coefficient (Wildman–Crippen LogP) is 4.62. The topological polar surface area (TPSA) is 9.23 Å². The minimum atomic E-state index is -9.81. The molecule has 0 saturated carbocycles. The molecule has 1 rings (SSSR count). The van der Waals surface area contributed by atoms with Gasteiger partial charge in [-0.25, -0.2) is 0 Å². The van der Waals surface area contributed by atoms with Crippen molar-refractivity contribution in [1.29, 1.82) is 0 Å². The average molecular weight is 234 g/mol. The van der Waals surface area contributed by atoms with E-state index in [2.05, 4.69) is 4.18 Å². The van der Waals surface area contributed by atoms with Crippen LogP contribution in [0.25, 0.3) is 0 Å².